The molecule has 0 aliphatic heterocycles. The van der Waals surface area contributed by atoms with E-state index in [1.807, 2.05) is 12.1 Å². The molecule has 0 saturated carbocycles. The summed E-state index contributed by atoms with van der Waals surface area (Å²) < 4.78 is 0. The van der Waals surface area contributed by atoms with Crippen LogP contribution in [0.4, 0.5) is 11.4 Å². The topological polar surface area (TPSA) is 61.8 Å². The molecular weight excluding hydrogens is 186 g/mol. The SMILES string of the molecule is CCC(C)(C)Nc1ccc(C#N)c(N)c1. The lowest BCUT2D eigenvalue weighted by Crippen LogP contribution is -2.29. The summed E-state index contributed by atoms with van der Waals surface area (Å²) >= 11 is 0. The first-order valence-electron chi connectivity index (χ1n) is 5.06. The standard InChI is InChI=1S/C12H17N3/c1-4-12(2,3)15-10-6-5-9(8-13)11(14)7-10/h5-7,15H,4,14H2,1-3H3. The van der Waals surface area contributed by atoms with Crippen molar-refractivity contribution in [3.63, 3.8) is 0 Å². The maximum absolute atomic E-state index is 8.74. The van der Waals surface area contributed by atoms with Gasteiger partial charge in [-0.2, -0.15) is 5.26 Å². The van der Waals surface area contributed by atoms with Crippen LogP contribution in [0, 0.1) is 11.3 Å². The number of nitrogens with two attached hydrogens (primary N) is 1. The minimum absolute atomic E-state index is 0.0423. The van der Waals surface area contributed by atoms with Gasteiger partial charge in [0.25, 0.3) is 0 Å². The molecule has 0 spiro atoms. The second-order valence-corrected chi connectivity index (χ2v) is 4.28. The zero-order valence-corrected chi connectivity index (χ0v) is 9.46. The number of nitrogens with zero attached hydrogens (tertiary/aromatic N) is 1. The van der Waals surface area contributed by atoms with Crippen molar-refractivity contribution in [3.05, 3.63) is 23.8 Å². The van der Waals surface area contributed by atoms with E-state index in [9.17, 15) is 0 Å². The number of nitriles is 1. The van der Waals surface area contributed by atoms with Gasteiger partial charge >= 0.3 is 0 Å². The Kier molecular flexibility index (Phi) is 3.21. The van der Waals surface area contributed by atoms with Gasteiger partial charge < -0.3 is 11.1 Å². The number of rotatable bonds is 3. The third kappa shape index (κ3) is 2.88. The molecule has 0 fully saturated rings. The number of hydrogen-bond donors (Lipinski definition) is 2. The lowest BCUT2D eigenvalue weighted by Gasteiger charge is -2.26. The molecule has 1 aromatic carbocycles. The maximum atomic E-state index is 8.74. The highest BCUT2D eigenvalue weighted by Crippen LogP contribution is 2.21. The second-order valence-electron chi connectivity index (χ2n) is 4.28. The van der Waals surface area contributed by atoms with E-state index >= 15 is 0 Å². The number of hydrogen-bond acceptors (Lipinski definition) is 3. The smallest absolute Gasteiger partial charge is 0.101 e. The molecule has 0 unspecified atom stereocenters. The molecule has 80 valence electrons. The Morgan fingerprint density at radius 3 is 2.60 bits per heavy atom. The Balaban J connectivity index is 2.90. The summed E-state index contributed by atoms with van der Waals surface area (Å²) in [6.45, 7) is 6.38. The third-order valence-corrected chi connectivity index (χ3v) is 2.54. The summed E-state index contributed by atoms with van der Waals surface area (Å²) in [7, 11) is 0. The molecule has 3 N–H and O–H groups in total. The largest absolute Gasteiger partial charge is 0.398 e. The molecule has 1 rings (SSSR count). The maximum Gasteiger partial charge on any atom is 0.101 e. The minimum Gasteiger partial charge on any atom is -0.398 e. The van der Waals surface area contributed by atoms with Crippen molar-refractivity contribution in [1.29, 1.82) is 5.26 Å². The summed E-state index contributed by atoms with van der Waals surface area (Å²) in [5.41, 5.74) is 7.77. The van der Waals surface area contributed by atoms with Crippen LogP contribution in [-0.2, 0) is 0 Å². The van der Waals surface area contributed by atoms with E-state index in [4.69, 9.17) is 11.0 Å². The van der Waals surface area contributed by atoms with Crippen LogP contribution in [0.3, 0.4) is 0 Å². The molecule has 0 saturated heterocycles. The lowest BCUT2D eigenvalue weighted by molar-refractivity contribution is 0.547. The average molecular weight is 203 g/mol. The van der Waals surface area contributed by atoms with Crippen LogP contribution < -0.4 is 11.1 Å². The highest BCUT2D eigenvalue weighted by Gasteiger charge is 2.14. The minimum atomic E-state index is 0.0423. The summed E-state index contributed by atoms with van der Waals surface area (Å²) in [5, 5.41) is 12.1. The zero-order chi connectivity index (χ0) is 11.5. The number of nitrogen functional groups attached to an aromatic ring is 1. The molecule has 0 atom stereocenters. The Morgan fingerprint density at radius 2 is 2.13 bits per heavy atom. The highest BCUT2D eigenvalue weighted by molar-refractivity contribution is 5.63. The summed E-state index contributed by atoms with van der Waals surface area (Å²) in [6.07, 6.45) is 1.02. The Morgan fingerprint density at radius 1 is 1.47 bits per heavy atom. The van der Waals surface area contributed by atoms with Gasteiger partial charge in [0.2, 0.25) is 0 Å². The quantitative estimate of drug-likeness (QED) is 0.742. The summed E-state index contributed by atoms with van der Waals surface area (Å²) in [6, 6.07) is 7.47. The normalized spacial score (nSPS) is 10.8. The monoisotopic (exact) mass is 203 g/mol. The van der Waals surface area contributed by atoms with E-state index in [1.54, 1.807) is 12.1 Å². The molecule has 0 bridgehead atoms. The van der Waals surface area contributed by atoms with Gasteiger partial charge in [-0.1, -0.05) is 6.92 Å². The van der Waals surface area contributed by atoms with Crippen molar-refractivity contribution in [3.8, 4) is 6.07 Å². The van der Waals surface area contributed by atoms with E-state index in [0.717, 1.165) is 12.1 Å². The first kappa shape index (κ1) is 11.4. The van der Waals surface area contributed by atoms with Crippen molar-refractivity contribution in [1.82, 2.24) is 0 Å². The van der Waals surface area contributed by atoms with Crippen LogP contribution in [0.5, 0.6) is 0 Å². The van der Waals surface area contributed by atoms with Gasteiger partial charge in [-0.15, -0.1) is 0 Å². The van der Waals surface area contributed by atoms with E-state index in [2.05, 4.69) is 26.1 Å². The average Bonchev–Trinajstić information content (AvgIpc) is 2.17. The fourth-order valence-corrected chi connectivity index (χ4v) is 1.22. The van der Waals surface area contributed by atoms with Gasteiger partial charge in [-0.05, 0) is 38.5 Å². The molecule has 0 heterocycles. The summed E-state index contributed by atoms with van der Waals surface area (Å²) in [5.74, 6) is 0. The molecule has 3 heteroatoms. The van der Waals surface area contributed by atoms with Crippen molar-refractivity contribution in [2.45, 2.75) is 32.7 Å². The Hall–Kier alpha value is -1.69. The second kappa shape index (κ2) is 4.22. The predicted octanol–water partition coefficient (Wildman–Crippen LogP) is 2.74. The first-order valence-corrected chi connectivity index (χ1v) is 5.06. The van der Waals surface area contributed by atoms with Crippen LogP contribution in [-0.4, -0.2) is 5.54 Å². The first-order chi connectivity index (χ1) is 6.98. The molecule has 0 radical (unpaired) electrons. The van der Waals surface area contributed by atoms with E-state index in [0.29, 0.717) is 11.3 Å². The number of benzene rings is 1. The highest BCUT2D eigenvalue weighted by atomic mass is 15.0. The van der Waals surface area contributed by atoms with E-state index < -0.39 is 0 Å². The Labute approximate surface area is 90.9 Å². The number of nitrogens with one attached hydrogen (secondary N) is 1. The van der Waals surface area contributed by atoms with Crippen molar-refractivity contribution >= 4 is 11.4 Å². The number of anilines is 2. The van der Waals surface area contributed by atoms with Crippen molar-refractivity contribution in [2.75, 3.05) is 11.1 Å². The van der Waals surface area contributed by atoms with Gasteiger partial charge in [0.15, 0.2) is 0 Å². The van der Waals surface area contributed by atoms with Gasteiger partial charge in [-0.3, -0.25) is 0 Å². The molecule has 1 aromatic rings. The molecule has 0 aliphatic carbocycles. The van der Waals surface area contributed by atoms with Gasteiger partial charge in [0, 0.05) is 11.2 Å². The predicted molar refractivity (Wildman–Crippen MR) is 63.6 cm³/mol. The molecule has 0 aliphatic rings. The lowest BCUT2D eigenvalue weighted by atomic mass is 10.0. The van der Waals surface area contributed by atoms with Crippen LogP contribution in [0.1, 0.15) is 32.8 Å². The molecule has 3 nitrogen and oxygen atoms in total. The molecular formula is C12H17N3. The van der Waals surface area contributed by atoms with Crippen LogP contribution in [0.2, 0.25) is 0 Å². The van der Waals surface area contributed by atoms with Crippen molar-refractivity contribution < 1.29 is 0 Å². The van der Waals surface area contributed by atoms with E-state index in [-0.39, 0.29) is 5.54 Å². The van der Waals surface area contributed by atoms with E-state index in [1.165, 1.54) is 0 Å². The molecule has 0 aromatic heterocycles. The third-order valence-electron chi connectivity index (χ3n) is 2.54. The Bertz CT molecular complexity index is 388. The fraction of sp³-hybridized carbons (Fsp3) is 0.417. The molecule has 0 amide bonds. The summed E-state index contributed by atoms with van der Waals surface area (Å²) in [4.78, 5) is 0. The van der Waals surface area contributed by atoms with Crippen LogP contribution in [0.15, 0.2) is 18.2 Å². The van der Waals surface area contributed by atoms with Crippen LogP contribution in [0.25, 0.3) is 0 Å². The van der Waals surface area contributed by atoms with Gasteiger partial charge in [0.1, 0.15) is 6.07 Å². The molecule has 15 heavy (non-hydrogen) atoms. The fourth-order valence-electron chi connectivity index (χ4n) is 1.22. The van der Waals surface area contributed by atoms with Crippen molar-refractivity contribution in [2.24, 2.45) is 0 Å². The van der Waals surface area contributed by atoms with Gasteiger partial charge in [0.05, 0.1) is 11.3 Å². The van der Waals surface area contributed by atoms with Crippen LogP contribution >= 0.6 is 0 Å². The van der Waals surface area contributed by atoms with Gasteiger partial charge in [-0.25, -0.2) is 0 Å². The zero-order valence-electron chi connectivity index (χ0n) is 9.46.